The molecular weight excluding hydrogens is 200 g/mol. The van der Waals surface area contributed by atoms with Crippen molar-refractivity contribution in [2.45, 2.75) is 12.2 Å². The maximum Gasteiger partial charge on any atom is 0.335 e. The van der Waals surface area contributed by atoms with Crippen LogP contribution in [0.1, 0.15) is 11.7 Å². The van der Waals surface area contributed by atoms with Gasteiger partial charge in [0.1, 0.15) is 6.10 Å². The van der Waals surface area contributed by atoms with E-state index in [-0.39, 0.29) is 5.75 Å². The third-order valence-electron chi connectivity index (χ3n) is 2.27. The first-order valence-corrected chi connectivity index (χ1v) is 4.38. The summed E-state index contributed by atoms with van der Waals surface area (Å²) < 4.78 is 9.81. The maximum atomic E-state index is 10.5. The van der Waals surface area contributed by atoms with E-state index < -0.39 is 18.2 Å². The number of epoxide rings is 1. The van der Waals surface area contributed by atoms with Crippen molar-refractivity contribution in [3.05, 3.63) is 23.8 Å². The number of phenols is 1. The summed E-state index contributed by atoms with van der Waals surface area (Å²) >= 11 is 0. The van der Waals surface area contributed by atoms with Crippen LogP contribution in [0.3, 0.4) is 0 Å². The van der Waals surface area contributed by atoms with Crippen LogP contribution < -0.4 is 4.74 Å². The van der Waals surface area contributed by atoms with Crippen LogP contribution in [0, 0.1) is 0 Å². The highest BCUT2D eigenvalue weighted by molar-refractivity contribution is 5.76. The lowest BCUT2D eigenvalue weighted by Gasteiger charge is -2.03. The highest BCUT2D eigenvalue weighted by atomic mass is 16.6. The van der Waals surface area contributed by atoms with Crippen LogP contribution in [0.5, 0.6) is 11.5 Å². The minimum Gasteiger partial charge on any atom is -0.504 e. The first kappa shape index (κ1) is 9.79. The molecule has 80 valence electrons. The molecule has 15 heavy (non-hydrogen) atoms. The Morgan fingerprint density at radius 3 is 2.73 bits per heavy atom. The van der Waals surface area contributed by atoms with Gasteiger partial charge in [0, 0.05) is 0 Å². The Balaban J connectivity index is 2.18. The van der Waals surface area contributed by atoms with E-state index in [0.717, 1.165) is 0 Å². The molecule has 0 aliphatic carbocycles. The van der Waals surface area contributed by atoms with E-state index in [0.29, 0.717) is 11.3 Å². The number of ether oxygens (including phenoxy) is 2. The molecule has 1 aromatic carbocycles. The largest absolute Gasteiger partial charge is 0.504 e. The summed E-state index contributed by atoms with van der Waals surface area (Å²) in [6, 6.07) is 4.70. The summed E-state index contributed by atoms with van der Waals surface area (Å²) in [7, 11) is 1.45. The molecule has 2 rings (SSSR count). The number of carboxylic acids is 1. The van der Waals surface area contributed by atoms with Gasteiger partial charge >= 0.3 is 5.97 Å². The lowest BCUT2D eigenvalue weighted by Crippen LogP contribution is -2.04. The van der Waals surface area contributed by atoms with Crippen LogP contribution in [0.25, 0.3) is 0 Å². The Hall–Kier alpha value is -1.75. The van der Waals surface area contributed by atoms with Crippen LogP contribution in [-0.2, 0) is 9.53 Å². The second-order valence-corrected chi connectivity index (χ2v) is 3.25. The fourth-order valence-electron chi connectivity index (χ4n) is 1.44. The standard InChI is InChI=1S/C10H10O5/c1-14-7-3-2-5(4-6(7)11)8-9(15-8)10(12)13/h2-4,8-9,11H,1H3,(H,12,13). The van der Waals surface area contributed by atoms with Crippen LogP contribution in [-0.4, -0.2) is 29.4 Å². The first-order valence-electron chi connectivity index (χ1n) is 4.38. The lowest BCUT2D eigenvalue weighted by molar-refractivity contribution is -0.138. The molecule has 5 nitrogen and oxygen atoms in total. The normalized spacial score (nSPS) is 23.5. The highest BCUT2D eigenvalue weighted by Gasteiger charge is 2.46. The minimum absolute atomic E-state index is 0.0189. The topological polar surface area (TPSA) is 79.3 Å². The van der Waals surface area contributed by atoms with E-state index in [4.69, 9.17) is 14.6 Å². The zero-order chi connectivity index (χ0) is 11.0. The van der Waals surface area contributed by atoms with E-state index in [9.17, 15) is 9.90 Å². The number of hydrogen-bond acceptors (Lipinski definition) is 4. The molecule has 0 aromatic heterocycles. The molecule has 5 heteroatoms. The van der Waals surface area contributed by atoms with Crippen LogP contribution in [0.4, 0.5) is 0 Å². The first-order chi connectivity index (χ1) is 7.13. The van der Waals surface area contributed by atoms with E-state index >= 15 is 0 Å². The van der Waals surface area contributed by atoms with Gasteiger partial charge in [-0.05, 0) is 17.7 Å². The van der Waals surface area contributed by atoms with Crippen molar-refractivity contribution in [2.24, 2.45) is 0 Å². The molecule has 0 saturated carbocycles. The Morgan fingerprint density at radius 2 is 2.27 bits per heavy atom. The second-order valence-electron chi connectivity index (χ2n) is 3.25. The molecule has 0 amide bonds. The number of carboxylic acid groups (broad SMARTS) is 1. The molecule has 1 aliphatic heterocycles. The van der Waals surface area contributed by atoms with Crippen LogP contribution in [0.15, 0.2) is 18.2 Å². The van der Waals surface area contributed by atoms with Crippen LogP contribution in [0.2, 0.25) is 0 Å². The number of aliphatic carboxylic acids is 1. The van der Waals surface area contributed by atoms with Crippen LogP contribution >= 0.6 is 0 Å². The van der Waals surface area contributed by atoms with E-state index in [1.165, 1.54) is 13.2 Å². The van der Waals surface area contributed by atoms with Crippen molar-refractivity contribution < 1.29 is 24.5 Å². The van der Waals surface area contributed by atoms with Crippen molar-refractivity contribution in [1.82, 2.24) is 0 Å². The third-order valence-corrected chi connectivity index (χ3v) is 2.27. The Bertz CT molecular complexity index is 401. The molecule has 0 radical (unpaired) electrons. The Morgan fingerprint density at radius 1 is 1.53 bits per heavy atom. The summed E-state index contributed by atoms with van der Waals surface area (Å²) in [6.45, 7) is 0. The molecule has 1 aromatic rings. The molecular formula is C10H10O5. The third kappa shape index (κ3) is 1.73. The lowest BCUT2D eigenvalue weighted by atomic mass is 10.1. The monoisotopic (exact) mass is 210 g/mol. The fourth-order valence-corrected chi connectivity index (χ4v) is 1.44. The highest BCUT2D eigenvalue weighted by Crippen LogP contribution is 2.41. The molecule has 1 heterocycles. The number of aromatic hydroxyl groups is 1. The predicted molar refractivity (Wildman–Crippen MR) is 49.9 cm³/mol. The average Bonchev–Trinajstić information content (AvgIpc) is 2.97. The van der Waals surface area contributed by atoms with Crippen molar-refractivity contribution in [2.75, 3.05) is 7.11 Å². The average molecular weight is 210 g/mol. The number of benzene rings is 1. The van der Waals surface area contributed by atoms with Gasteiger partial charge < -0.3 is 19.7 Å². The Kier molecular flexibility index (Phi) is 2.24. The second kappa shape index (κ2) is 3.43. The molecule has 1 saturated heterocycles. The molecule has 0 spiro atoms. The molecule has 0 bridgehead atoms. The quantitative estimate of drug-likeness (QED) is 0.725. The Labute approximate surface area is 85.9 Å². The predicted octanol–water partition coefficient (Wildman–Crippen LogP) is 0.925. The SMILES string of the molecule is COc1ccc(C2OC2C(=O)O)cc1O. The van der Waals surface area contributed by atoms with Gasteiger partial charge in [0.25, 0.3) is 0 Å². The summed E-state index contributed by atoms with van der Waals surface area (Å²) in [6.07, 6.45) is -1.25. The smallest absolute Gasteiger partial charge is 0.335 e. The number of rotatable bonds is 3. The van der Waals surface area contributed by atoms with Crippen molar-refractivity contribution in [1.29, 1.82) is 0 Å². The fraction of sp³-hybridized carbons (Fsp3) is 0.300. The summed E-state index contributed by atoms with van der Waals surface area (Å²) in [4.78, 5) is 10.5. The van der Waals surface area contributed by atoms with Gasteiger partial charge in [-0.3, -0.25) is 0 Å². The van der Waals surface area contributed by atoms with Crippen molar-refractivity contribution in [3.63, 3.8) is 0 Å². The van der Waals surface area contributed by atoms with Gasteiger partial charge in [0.2, 0.25) is 0 Å². The van der Waals surface area contributed by atoms with Gasteiger partial charge in [0.05, 0.1) is 7.11 Å². The molecule has 2 N–H and O–H groups in total. The number of hydrogen-bond donors (Lipinski definition) is 2. The number of methoxy groups -OCH3 is 1. The molecule has 1 aliphatic rings. The zero-order valence-corrected chi connectivity index (χ0v) is 8.01. The van der Waals surface area contributed by atoms with E-state index in [1.807, 2.05) is 0 Å². The van der Waals surface area contributed by atoms with Gasteiger partial charge in [-0.15, -0.1) is 0 Å². The van der Waals surface area contributed by atoms with Gasteiger partial charge in [-0.25, -0.2) is 4.79 Å². The number of carbonyl (C=O) groups is 1. The maximum absolute atomic E-state index is 10.5. The van der Waals surface area contributed by atoms with Crippen molar-refractivity contribution >= 4 is 5.97 Å². The molecule has 2 atom stereocenters. The molecule has 1 fully saturated rings. The van der Waals surface area contributed by atoms with Crippen molar-refractivity contribution in [3.8, 4) is 11.5 Å². The van der Waals surface area contributed by atoms with E-state index in [2.05, 4.69) is 0 Å². The summed E-state index contributed by atoms with van der Waals surface area (Å²) in [5.74, 6) is -0.656. The number of phenolic OH excluding ortho intramolecular Hbond substituents is 1. The van der Waals surface area contributed by atoms with Gasteiger partial charge in [0.15, 0.2) is 17.6 Å². The van der Waals surface area contributed by atoms with E-state index in [1.54, 1.807) is 12.1 Å². The van der Waals surface area contributed by atoms with Gasteiger partial charge in [-0.1, -0.05) is 6.07 Å². The summed E-state index contributed by atoms with van der Waals surface area (Å²) in [5, 5.41) is 18.1. The minimum atomic E-state index is -0.990. The zero-order valence-electron chi connectivity index (χ0n) is 8.01. The molecule has 2 unspecified atom stereocenters. The van der Waals surface area contributed by atoms with Gasteiger partial charge in [-0.2, -0.15) is 0 Å². The summed E-state index contributed by atoms with van der Waals surface area (Å²) in [5.41, 5.74) is 0.640.